The summed E-state index contributed by atoms with van der Waals surface area (Å²) in [5.74, 6) is 4.15. The van der Waals surface area contributed by atoms with Gasteiger partial charge in [0.05, 0.1) is 16.9 Å². The van der Waals surface area contributed by atoms with Gasteiger partial charge < -0.3 is 5.73 Å². The summed E-state index contributed by atoms with van der Waals surface area (Å²) in [5, 5.41) is 10.5. The molecule has 0 aromatic carbocycles. The molecule has 0 spiro atoms. The van der Waals surface area contributed by atoms with Gasteiger partial charge in [0.2, 0.25) is 0 Å². The first-order valence-corrected chi connectivity index (χ1v) is 3.86. The van der Waals surface area contributed by atoms with Gasteiger partial charge in [-0.15, -0.1) is 12.8 Å². The number of nitrogens with zero attached hydrogens (tertiary/aromatic N) is 1. The molecule has 0 aromatic rings. The van der Waals surface area contributed by atoms with E-state index in [4.69, 9.17) is 18.6 Å². The first-order valence-electron chi connectivity index (χ1n) is 3.86. The summed E-state index contributed by atoms with van der Waals surface area (Å²) in [7, 11) is 0. The Morgan fingerprint density at radius 2 is 2.21 bits per heavy atom. The van der Waals surface area contributed by atoms with E-state index in [1.807, 2.05) is 0 Å². The van der Waals surface area contributed by atoms with Crippen LogP contribution in [0.25, 0.3) is 0 Å². The van der Waals surface area contributed by atoms with Gasteiger partial charge in [0.25, 0.3) is 5.70 Å². The van der Waals surface area contributed by atoms with Gasteiger partial charge >= 0.3 is 0 Å². The lowest BCUT2D eigenvalue weighted by Gasteiger charge is -2.18. The van der Waals surface area contributed by atoms with Gasteiger partial charge in [-0.25, -0.2) is 0 Å². The van der Waals surface area contributed by atoms with E-state index < -0.39 is 16.9 Å². The molecule has 1 rings (SSSR count). The largest absolute Gasteiger partial charge is 0.322 e. The van der Waals surface area contributed by atoms with Crippen LogP contribution in [0, 0.1) is 40.7 Å². The third kappa shape index (κ3) is 1.66. The summed E-state index contributed by atoms with van der Waals surface area (Å²) >= 11 is 0. The Labute approximate surface area is 81.6 Å². The molecular weight excluding hydrogens is 180 g/mol. The van der Waals surface area contributed by atoms with Crippen molar-refractivity contribution in [1.29, 1.82) is 0 Å². The highest BCUT2D eigenvalue weighted by molar-refractivity contribution is 5.42. The molecule has 0 saturated heterocycles. The fourth-order valence-electron chi connectivity index (χ4n) is 1.19. The number of allylic oxidation sites excluding steroid dienone is 1. The molecule has 1 aliphatic carbocycles. The Morgan fingerprint density at radius 1 is 1.57 bits per heavy atom. The van der Waals surface area contributed by atoms with Gasteiger partial charge in [0.1, 0.15) is 0 Å². The maximum atomic E-state index is 10.5. The molecule has 4 heteroatoms. The molecule has 0 fully saturated rings. The summed E-state index contributed by atoms with van der Waals surface area (Å²) < 4.78 is 0. The molecule has 0 heterocycles. The summed E-state index contributed by atoms with van der Waals surface area (Å²) in [4.78, 5) is 9.96. The van der Waals surface area contributed by atoms with Crippen LogP contribution >= 0.6 is 0 Å². The fraction of sp³-hybridized carbons (Fsp3) is 0.200. The van der Waals surface area contributed by atoms with E-state index in [1.165, 1.54) is 12.2 Å². The second kappa shape index (κ2) is 3.78. The summed E-state index contributed by atoms with van der Waals surface area (Å²) in [6.45, 7) is 0. The summed E-state index contributed by atoms with van der Waals surface area (Å²) in [5.41, 5.74) is 5.95. The average Bonchev–Trinajstić information content (AvgIpc) is 2.17. The molecule has 0 bridgehead atoms. The van der Waals surface area contributed by atoms with E-state index in [2.05, 4.69) is 11.8 Å². The standard InChI is InChI=1S/C10H8N2O2/c1-3-7-5-9(12(13)14)6-8(4-2)10(7)11/h1-2,5-7,10H,11H2. The lowest BCUT2D eigenvalue weighted by atomic mass is 9.89. The number of hydrogen-bond donors (Lipinski definition) is 1. The predicted molar refractivity (Wildman–Crippen MR) is 52.3 cm³/mol. The molecule has 2 N–H and O–H groups in total. The van der Waals surface area contributed by atoms with Crippen molar-refractivity contribution in [2.45, 2.75) is 6.04 Å². The van der Waals surface area contributed by atoms with Crippen LogP contribution in [0.3, 0.4) is 0 Å². The highest BCUT2D eigenvalue weighted by Crippen LogP contribution is 2.21. The number of rotatable bonds is 1. The smallest absolute Gasteiger partial charge is 0.267 e. The van der Waals surface area contributed by atoms with Crippen molar-refractivity contribution >= 4 is 0 Å². The number of nitro groups is 1. The zero-order valence-electron chi connectivity index (χ0n) is 7.31. The maximum absolute atomic E-state index is 10.5. The topological polar surface area (TPSA) is 69.2 Å². The SMILES string of the molecule is C#CC1=CC([N+](=O)[O-])=CC(C#C)C1N. The lowest BCUT2D eigenvalue weighted by molar-refractivity contribution is -0.419. The molecule has 0 radical (unpaired) electrons. The Hall–Kier alpha value is -2.04. The van der Waals surface area contributed by atoms with Gasteiger partial charge in [-0.05, 0) is 0 Å². The molecule has 70 valence electrons. The Morgan fingerprint density at radius 3 is 2.64 bits per heavy atom. The number of terminal acetylenes is 2. The van der Waals surface area contributed by atoms with Crippen LogP contribution in [0.5, 0.6) is 0 Å². The molecule has 14 heavy (non-hydrogen) atoms. The molecule has 0 aromatic heterocycles. The minimum absolute atomic E-state index is 0.0948. The van der Waals surface area contributed by atoms with Gasteiger partial charge in [0, 0.05) is 17.7 Å². The van der Waals surface area contributed by atoms with Crippen molar-refractivity contribution in [2.75, 3.05) is 0 Å². The van der Waals surface area contributed by atoms with Crippen molar-refractivity contribution < 1.29 is 4.92 Å². The molecule has 2 atom stereocenters. The minimum Gasteiger partial charge on any atom is -0.322 e. The molecule has 0 aliphatic heterocycles. The zero-order chi connectivity index (χ0) is 10.7. The third-order valence-electron chi connectivity index (χ3n) is 1.97. The van der Waals surface area contributed by atoms with E-state index in [9.17, 15) is 10.1 Å². The Bertz CT molecular complexity index is 407. The summed E-state index contributed by atoms with van der Waals surface area (Å²) in [6.07, 6.45) is 13.0. The first-order chi connectivity index (χ1) is 6.60. The zero-order valence-corrected chi connectivity index (χ0v) is 7.31. The Balaban J connectivity index is 3.14. The van der Waals surface area contributed by atoms with Crippen LogP contribution in [-0.2, 0) is 0 Å². The predicted octanol–water partition coefficient (Wildman–Crippen LogP) is 0.297. The quantitative estimate of drug-likeness (QED) is 0.365. The van der Waals surface area contributed by atoms with Gasteiger partial charge in [-0.2, -0.15) is 0 Å². The molecule has 0 amide bonds. The van der Waals surface area contributed by atoms with Crippen molar-refractivity contribution in [1.82, 2.24) is 0 Å². The van der Waals surface area contributed by atoms with Crippen molar-refractivity contribution in [3.63, 3.8) is 0 Å². The second-order valence-corrected chi connectivity index (χ2v) is 2.81. The number of nitrogens with two attached hydrogens (primary N) is 1. The molecule has 2 unspecified atom stereocenters. The van der Waals surface area contributed by atoms with Crippen LogP contribution in [0.1, 0.15) is 0 Å². The van der Waals surface area contributed by atoms with E-state index in [1.54, 1.807) is 0 Å². The number of hydrogen-bond acceptors (Lipinski definition) is 3. The van der Waals surface area contributed by atoms with Crippen LogP contribution in [0.2, 0.25) is 0 Å². The molecular formula is C10H8N2O2. The third-order valence-corrected chi connectivity index (χ3v) is 1.97. The van der Waals surface area contributed by atoms with Crippen LogP contribution < -0.4 is 5.73 Å². The fourth-order valence-corrected chi connectivity index (χ4v) is 1.19. The molecule has 0 saturated carbocycles. The highest BCUT2D eigenvalue weighted by Gasteiger charge is 2.26. The van der Waals surface area contributed by atoms with Crippen LogP contribution in [-0.4, -0.2) is 11.0 Å². The van der Waals surface area contributed by atoms with Crippen LogP contribution in [0.15, 0.2) is 23.4 Å². The average molecular weight is 188 g/mol. The van der Waals surface area contributed by atoms with Gasteiger partial charge in [-0.3, -0.25) is 10.1 Å². The highest BCUT2D eigenvalue weighted by atomic mass is 16.6. The maximum Gasteiger partial charge on any atom is 0.267 e. The molecule has 4 nitrogen and oxygen atoms in total. The van der Waals surface area contributed by atoms with E-state index in [-0.39, 0.29) is 5.70 Å². The van der Waals surface area contributed by atoms with Crippen molar-refractivity contribution in [3.8, 4) is 24.7 Å². The molecule has 1 aliphatic rings. The van der Waals surface area contributed by atoms with E-state index >= 15 is 0 Å². The second-order valence-electron chi connectivity index (χ2n) is 2.81. The van der Waals surface area contributed by atoms with Crippen molar-refractivity contribution in [3.05, 3.63) is 33.5 Å². The normalized spacial score (nSPS) is 25.4. The van der Waals surface area contributed by atoms with Gasteiger partial charge in [0.15, 0.2) is 0 Å². The van der Waals surface area contributed by atoms with Crippen LogP contribution in [0.4, 0.5) is 0 Å². The monoisotopic (exact) mass is 188 g/mol. The van der Waals surface area contributed by atoms with E-state index in [0.29, 0.717) is 5.57 Å². The van der Waals surface area contributed by atoms with Crippen molar-refractivity contribution in [2.24, 2.45) is 11.7 Å². The summed E-state index contributed by atoms with van der Waals surface area (Å²) in [6, 6.07) is -0.520. The first kappa shape index (κ1) is 10.0. The Kier molecular flexibility index (Phi) is 2.71. The lowest BCUT2D eigenvalue weighted by Crippen LogP contribution is -2.32. The van der Waals surface area contributed by atoms with E-state index in [0.717, 1.165) is 0 Å². The van der Waals surface area contributed by atoms with Gasteiger partial charge in [-0.1, -0.05) is 11.8 Å². The minimum atomic E-state index is -0.534.